The van der Waals surface area contributed by atoms with E-state index in [1.165, 1.54) is 28.8 Å². The van der Waals surface area contributed by atoms with Crippen molar-refractivity contribution in [2.24, 2.45) is 5.92 Å². The molecule has 0 N–H and O–H groups in total. The molecule has 82 valence electrons. The van der Waals surface area contributed by atoms with Gasteiger partial charge in [-0.15, -0.1) is 11.3 Å². The molecule has 1 aliphatic carbocycles. The van der Waals surface area contributed by atoms with Crippen molar-refractivity contribution >= 4 is 17.1 Å². The molecule has 0 fully saturated rings. The summed E-state index contributed by atoms with van der Waals surface area (Å²) in [5, 5.41) is 0. The highest BCUT2D eigenvalue weighted by molar-refractivity contribution is 7.14. The quantitative estimate of drug-likeness (QED) is 0.698. The summed E-state index contributed by atoms with van der Waals surface area (Å²) in [7, 11) is 0. The molecule has 0 spiro atoms. The van der Waals surface area contributed by atoms with E-state index in [2.05, 4.69) is 13.8 Å². The lowest BCUT2D eigenvalue weighted by Gasteiger charge is -2.20. The van der Waals surface area contributed by atoms with Crippen molar-refractivity contribution in [3.8, 4) is 0 Å². The van der Waals surface area contributed by atoms with E-state index in [-0.39, 0.29) is 5.78 Å². The van der Waals surface area contributed by atoms with Crippen molar-refractivity contribution in [2.45, 2.75) is 46.5 Å². The van der Waals surface area contributed by atoms with Crippen LogP contribution in [0.25, 0.3) is 0 Å². The molecular formula is C13H18OS. The molecule has 2 heteroatoms. The van der Waals surface area contributed by atoms with E-state index < -0.39 is 0 Å². The minimum Gasteiger partial charge on any atom is -0.294 e. The second-order valence-electron chi connectivity index (χ2n) is 4.57. The number of ketones is 1. The van der Waals surface area contributed by atoms with Gasteiger partial charge in [-0.3, -0.25) is 4.79 Å². The zero-order chi connectivity index (χ0) is 11.0. The van der Waals surface area contributed by atoms with E-state index in [0.717, 1.165) is 23.6 Å². The van der Waals surface area contributed by atoms with Crippen LogP contribution in [0.5, 0.6) is 0 Å². The van der Waals surface area contributed by atoms with Gasteiger partial charge in [-0.2, -0.15) is 0 Å². The molecular weight excluding hydrogens is 204 g/mol. The van der Waals surface area contributed by atoms with Gasteiger partial charge in [0.2, 0.25) is 0 Å². The van der Waals surface area contributed by atoms with Gasteiger partial charge in [0.15, 0.2) is 5.78 Å². The Morgan fingerprint density at radius 3 is 2.80 bits per heavy atom. The standard InChI is InChI=1S/C13H18OS/c1-4-12-11-7-8(2)5-6-10(11)13(15-12)9(3)14/h8H,4-7H2,1-3H3/t8-/m1/s1. The first-order valence-electron chi connectivity index (χ1n) is 5.77. The Kier molecular flexibility index (Phi) is 2.96. The van der Waals surface area contributed by atoms with Crippen LogP contribution < -0.4 is 0 Å². The number of thiophene rings is 1. The predicted molar refractivity (Wildman–Crippen MR) is 64.9 cm³/mol. The number of aryl methyl sites for hydroxylation is 1. The Morgan fingerprint density at radius 2 is 2.20 bits per heavy atom. The molecule has 0 unspecified atom stereocenters. The number of rotatable bonds is 2. The van der Waals surface area contributed by atoms with Crippen molar-refractivity contribution in [1.82, 2.24) is 0 Å². The summed E-state index contributed by atoms with van der Waals surface area (Å²) in [6.07, 6.45) is 4.62. The van der Waals surface area contributed by atoms with Gasteiger partial charge in [0.05, 0.1) is 4.88 Å². The first kappa shape index (κ1) is 10.9. The van der Waals surface area contributed by atoms with Gasteiger partial charge in [0.25, 0.3) is 0 Å². The maximum Gasteiger partial charge on any atom is 0.170 e. The maximum atomic E-state index is 11.5. The largest absolute Gasteiger partial charge is 0.294 e. The fourth-order valence-corrected chi connectivity index (χ4v) is 3.68. The fourth-order valence-electron chi connectivity index (χ4n) is 2.46. The Labute approximate surface area is 95.5 Å². The topological polar surface area (TPSA) is 17.1 Å². The van der Waals surface area contributed by atoms with Crippen LogP contribution in [0.15, 0.2) is 0 Å². The first-order valence-corrected chi connectivity index (χ1v) is 6.59. The van der Waals surface area contributed by atoms with Crippen LogP contribution in [0.3, 0.4) is 0 Å². The van der Waals surface area contributed by atoms with E-state index in [1.54, 1.807) is 18.3 Å². The molecule has 1 atom stereocenters. The molecule has 0 saturated heterocycles. The van der Waals surface area contributed by atoms with Crippen LogP contribution in [0.4, 0.5) is 0 Å². The molecule has 1 aromatic rings. The number of fused-ring (bicyclic) bond motifs is 1. The van der Waals surface area contributed by atoms with Crippen LogP contribution in [-0.4, -0.2) is 5.78 Å². The van der Waals surface area contributed by atoms with Crippen LogP contribution >= 0.6 is 11.3 Å². The molecule has 1 nitrogen and oxygen atoms in total. The minimum atomic E-state index is 0.255. The van der Waals surface area contributed by atoms with E-state index in [9.17, 15) is 4.79 Å². The number of Topliss-reactive ketones (excluding diaryl/α,β-unsaturated/α-hetero) is 1. The van der Waals surface area contributed by atoms with E-state index in [1.807, 2.05) is 0 Å². The molecule has 0 amide bonds. The fraction of sp³-hybridized carbons (Fsp3) is 0.615. The van der Waals surface area contributed by atoms with Gasteiger partial charge in [0, 0.05) is 4.88 Å². The minimum absolute atomic E-state index is 0.255. The smallest absolute Gasteiger partial charge is 0.170 e. The van der Waals surface area contributed by atoms with E-state index in [0.29, 0.717) is 0 Å². The van der Waals surface area contributed by atoms with Gasteiger partial charge in [-0.1, -0.05) is 13.8 Å². The van der Waals surface area contributed by atoms with Crippen molar-refractivity contribution in [3.63, 3.8) is 0 Å². The molecule has 2 rings (SSSR count). The Hall–Kier alpha value is -0.630. The number of carbonyl (C=O) groups excluding carboxylic acids is 1. The molecule has 1 heterocycles. The third-order valence-electron chi connectivity index (χ3n) is 3.28. The van der Waals surface area contributed by atoms with Crippen LogP contribution in [0.1, 0.15) is 52.9 Å². The molecule has 0 saturated carbocycles. The second-order valence-corrected chi connectivity index (χ2v) is 5.67. The van der Waals surface area contributed by atoms with Gasteiger partial charge >= 0.3 is 0 Å². The highest BCUT2D eigenvalue weighted by atomic mass is 32.1. The van der Waals surface area contributed by atoms with Crippen LogP contribution in [0, 0.1) is 5.92 Å². The van der Waals surface area contributed by atoms with E-state index >= 15 is 0 Å². The third kappa shape index (κ3) is 1.87. The van der Waals surface area contributed by atoms with Crippen LogP contribution in [0.2, 0.25) is 0 Å². The molecule has 0 aliphatic heterocycles. The summed E-state index contributed by atoms with van der Waals surface area (Å²) in [6, 6.07) is 0. The molecule has 1 aliphatic rings. The van der Waals surface area contributed by atoms with Gasteiger partial charge in [-0.25, -0.2) is 0 Å². The highest BCUT2D eigenvalue weighted by Crippen LogP contribution is 2.36. The van der Waals surface area contributed by atoms with Gasteiger partial charge in [-0.05, 0) is 49.7 Å². The Morgan fingerprint density at radius 1 is 1.47 bits per heavy atom. The van der Waals surface area contributed by atoms with Crippen molar-refractivity contribution < 1.29 is 4.79 Å². The second kappa shape index (κ2) is 4.09. The van der Waals surface area contributed by atoms with Gasteiger partial charge in [0.1, 0.15) is 0 Å². The van der Waals surface area contributed by atoms with Crippen LogP contribution in [-0.2, 0) is 19.3 Å². The SMILES string of the molecule is CCc1sc(C(C)=O)c2c1C[C@H](C)CC2. The Bertz CT molecular complexity index is 389. The lowest BCUT2D eigenvalue weighted by Crippen LogP contribution is -2.12. The summed E-state index contributed by atoms with van der Waals surface area (Å²) in [4.78, 5) is 14.0. The zero-order valence-electron chi connectivity index (χ0n) is 9.72. The number of hydrogen-bond donors (Lipinski definition) is 0. The van der Waals surface area contributed by atoms with Crippen molar-refractivity contribution in [2.75, 3.05) is 0 Å². The molecule has 0 radical (unpaired) electrons. The lowest BCUT2D eigenvalue weighted by molar-refractivity contribution is 0.102. The zero-order valence-corrected chi connectivity index (χ0v) is 10.5. The van der Waals surface area contributed by atoms with Crippen molar-refractivity contribution in [3.05, 3.63) is 20.9 Å². The molecule has 1 aromatic heterocycles. The third-order valence-corrected chi connectivity index (χ3v) is 4.80. The predicted octanol–water partition coefficient (Wildman–Crippen LogP) is 3.64. The monoisotopic (exact) mass is 222 g/mol. The average Bonchev–Trinajstić information content (AvgIpc) is 2.55. The summed E-state index contributed by atoms with van der Waals surface area (Å²) in [5.41, 5.74) is 2.88. The Balaban J connectivity index is 2.49. The average molecular weight is 222 g/mol. The number of carbonyl (C=O) groups is 1. The summed E-state index contributed by atoms with van der Waals surface area (Å²) >= 11 is 1.74. The van der Waals surface area contributed by atoms with Gasteiger partial charge < -0.3 is 0 Å². The normalized spacial score (nSPS) is 20.1. The van der Waals surface area contributed by atoms with Crippen molar-refractivity contribution in [1.29, 1.82) is 0 Å². The highest BCUT2D eigenvalue weighted by Gasteiger charge is 2.24. The summed E-state index contributed by atoms with van der Waals surface area (Å²) < 4.78 is 0. The number of hydrogen-bond acceptors (Lipinski definition) is 2. The summed E-state index contributed by atoms with van der Waals surface area (Å²) in [6.45, 7) is 6.20. The van der Waals surface area contributed by atoms with E-state index in [4.69, 9.17) is 0 Å². The molecule has 0 aromatic carbocycles. The summed E-state index contributed by atoms with van der Waals surface area (Å²) in [5.74, 6) is 1.04. The maximum absolute atomic E-state index is 11.5. The molecule has 15 heavy (non-hydrogen) atoms. The lowest BCUT2D eigenvalue weighted by atomic mass is 9.84. The molecule has 0 bridgehead atoms. The first-order chi connectivity index (χ1) is 7.13.